The molecule has 5 heteroatoms. The first-order valence-electron chi connectivity index (χ1n) is 3.31. The molecule has 0 atom stereocenters. The van der Waals surface area contributed by atoms with E-state index in [1.165, 1.54) is 14.2 Å². The maximum Gasteiger partial charge on any atom is 0.316 e. The van der Waals surface area contributed by atoms with Crippen LogP contribution in [0.4, 0.5) is 0 Å². The predicted octanol–water partition coefficient (Wildman–Crippen LogP) is 1.12. The van der Waals surface area contributed by atoms with Gasteiger partial charge >= 0.3 is 11.9 Å². The predicted molar refractivity (Wildman–Crippen MR) is 48.1 cm³/mol. The first-order chi connectivity index (χ1) is 5.62. The van der Waals surface area contributed by atoms with Crippen molar-refractivity contribution in [3.63, 3.8) is 0 Å². The third kappa shape index (κ3) is 12.1. The minimum atomic E-state index is -0.582. The molecule has 0 aliphatic heterocycles. The summed E-state index contributed by atoms with van der Waals surface area (Å²) in [6.45, 7) is 2.04. The van der Waals surface area contributed by atoms with Crippen molar-refractivity contribution in [2.24, 2.45) is 0 Å². The standard InChI is InChI=1S/C5H8O4.C2H5Br/c1-8-4(6)3-5(7)9-2;1-2-3/h3H2,1-2H3;2H2,1H3. The maximum absolute atomic E-state index is 10.3. The summed E-state index contributed by atoms with van der Waals surface area (Å²) in [6, 6.07) is 0. The second-order valence-corrected chi connectivity index (χ2v) is 2.72. The van der Waals surface area contributed by atoms with Gasteiger partial charge in [-0.2, -0.15) is 0 Å². The highest BCUT2D eigenvalue weighted by molar-refractivity contribution is 9.09. The molecular formula is C7H13BrO4. The van der Waals surface area contributed by atoms with Gasteiger partial charge in [0.25, 0.3) is 0 Å². The third-order valence-corrected chi connectivity index (χ3v) is 0.744. The Morgan fingerprint density at radius 1 is 1.17 bits per heavy atom. The summed E-state index contributed by atoms with van der Waals surface area (Å²) in [7, 11) is 2.43. The first kappa shape index (κ1) is 14.0. The van der Waals surface area contributed by atoms with Gasteiger partial charge in [0, 0.05) is 5.33 Å². The van der Waals surface area contributed by atoms with E-state index in [4.69, 9.17) is 0 Å². The fourth-order valence-corrected chi connectivity index (χ4v) is 0.262. The Morgan fingerprint density at radius 2 is 1.42 bits per heavy atom. The summed E-state index contributed by atoms with van der Waals surface area (Å²) in [5.74, 6) is -1.16. The highest BCUT2D eigenvalue weighted by atomic mass is 79.9. The Kier molecular flexibility index (Phi) is 12.1. The van der Waals surface area contributed by atoms with Gasteiger partial charge < -0.3 is 9.47 Å². The maximum atomic E-state index is 10.3. The van der Waals surface area contributed by atoms with Crippen molar-refractivity contribution in [2.45, 2.75) is 13.3 Å². The number of carbonyl (C=O) groups is 2. The molecule has 0 unspecified atom stereocenters. The molecule has 0 amide bonds. The molecule has 4 nitrogen and oxygen atoms in total. The Labute approximate surface area is 80.4 Å². The van der Waals surface area contributed by atoms with Crippen LogP contribution < -0.4 is 0 Å². The second kappa shape index (κ2) is 10.4. The summed E-state index contributed by atoms with van der Waals surface area (Å²) in [5, 5.41) is 1.06. The molecule has 0 rings (SSSR count). The topological polar surface area (TPSA) is 52.6 Å². The Morgan fingerprint density at radius 3 is 1.58 bits per heavy atom. The number of rotatable bonds is 2. The molecule has 0 aromatic rings. The molecule has 0 spiro atoms. The van der Waals surface area contributed by atoms with E-state index in [0.29, 0.717) is 0 Å². The van der Waals surface area contributed by atoms with Crippen LogP contribution in [0, 0.1) is 0 Å². The van der Waals surface area contributed by atoms with Gasteiger partial charge in [-0.15, -0.1) is 0 Å². The summed E-state index contributed by atoms with van der Waals surface area (Å²) in [6.07, 6.45) is -0.312. The zero-order valence-corrected chi connectivity index (χ0v) is 9.01. The number of alkyl halides is 1. The highest BCUT2D eigenvalue weighted by Gasteiger charge is 2.07. The van der Waals surface area contributed by atoms with Crippen LogP contribution >= 0.6 is 15.9 Å². The SMILES string of the molecule is CCBr.COC(=O)CC(=O)OC. The summed E-state index contributed by atoms with van der Waals surface area (Å²) >= 11 is 3.15. The molecule has 72 valence electrons. The molecule has 0 aromatic heterocycles. The van der Waals surface area contributed by atoms with E-state index in [2.05, 4.69) is 25.4 Å². The molecule has 12 heavy (non-hydrogen) atoms. The lowest BCUT2D eigenvalue weighted by atomic mass is 10.4. The molecule has 0 heterocycles. The quantitative estimate of drug-likeness (QED) is 0.413. The van der Waals surface area contributed by atoms with Crippen molar-refractivity contribution in [2.75, 3.05) is 19.5 Å². The van der Waals surface area contributed by atoms with E-state index in [1.807, 2.05) is 6.92 Å². The van der Waals surface area contributed by atoms with Crippen molar-refractivity contribution < 1.29 is 19.1 Å². The van der Waals surface area contributed by atoms with Gasteiger partial charge in [0.15, 0.2) is 0 Å². The minimum absolute atomic E-state index is 0.312. The van der Waals surface area contributed by atoms with E-state index >= 15 is 0 Å². The highest BCUT2D eigenvalue weighted by Crippen LogP contribution is 1.85. The van der Waals surface area contributed by atoms with Crippen molar-refractivity contribution in [1.82, 2.24) is 0 Å². The normalized spacial score (nSPS) is 7.67. The molecule has 0 saturated carbocycles. The Balaban J connectivity index is 0. The van der Waals surface area contributed by atoms with Gasteiger partial charge in [0.05, 0.1) is 14.2 Å². The third-order valence-electron chi connectivity index (χ3n) is 0.744. The van der Waals surface area contributed by atoms with Gasteiger partial charge in [-0.3, -0.25) is 9.59 Å². The van der Waals surface area contributed by atoms with Gasteiger partial charge in [-0.05, 0) is 0 Å². The number of carbonyl (C=O) groups excluding carboxylic acids is 2. The summed E-state index contributed by atoms with van der Waals surface area (Å²) in [4.78, 5) is 20.5. The molecular weight excluding hydrogens is 228 g/mol. The number of methoxy groups -OCH3 is 2. The Bertz CT molecular complexity index is 121. The number of hydrogen-bond donors (Lipinski definition) is 0. The monoisotopic (exact) mass is 240 g/mol. The van der Waals surface area contributed by atoms with Crippen molar-refractivity contribution >= 4 is 27.9 Å². The lowest BCUT2D eigenvalue weighted by Crippen LogP contribution is -2.09. The van der Waals surface area contributed by atoms with E-state index in [-0.39, 0.29) is 6.42 Å². The second-order valence-electron chi connectivity index (χ2n) is 1.60. The number of esters is 2. The molecule has 0 aliphatic rings. The molecule has 0 N–H and O–H groups in total. The minimum Gasteiger partial charge on any atom is -0.469 e. The molecule has 0 saturated heterocycles. The van der Waals surface area contributed by atoms with E-state index in [1.54, 1.807) is 0 Å². The molecule has 0 fully saturated rings. The number of hydrogen-bond acceptors (Lipinski definition) is 4. The van der Waals surface area contributed by atoms with Crippen LogP contribution in [0.5, 0.6) is 0 Å². The number of halogens is 1. The average molecular weight is 241 g/mol. The Hall–Kier alpha value is -0.580. The van der Waals surface area contributed by atoms with Crippen LogP contribution in [0.1, 0.15) is 13.3 Å². The van der Waals surface area contributed by atoms with Gasteiger partial charge in [-0.1, -0.05) is 22.9 Å². The van der Waals surface area contributed by atoms with E-state index < -0.39 is 11.9 Å². The smallest absolute Gasteiger partial charge is 0.316 e. The fourth-order valence-electron chi connectivity index (χ4n) is 0.262. The van der Waals surface area contributed by atoms with Gasteiger partial charge in [0.2, 0.25) is 0 Å². The summed E-state index contributed by atoms with van der Waals surface area (Å²) < 4.78 is 8.37. The van der Waals surface area contributed by atoms with E-state index in [0.717, 1.165) is 5.33 Å². The van der Waals surface area contributed by atoms with Crippen molar-refractivity contribution in [1.29, 1.82) is 0 Å². The molecule has 0 bridgehead atoms. The largest absolute Gasteiger partial charge is 0.469 e. The van der Waals surface area contributed by atoms with Crippen molar-refractivity contribution in [3.8, 4) is 0 Å². The number of ether oxygens (including phenoxy) is 2. The zero-order chi connectivity index (χ0) is 9.98. The first-order valence-corrected chi connectivity index (χ1v) is 4.44. The van der Waals surface area contributed by atoms with Crippen LogP contribution in [0.25, 0.3) is 0 Å². The van der Waals surface area contributed by atoms with Gasteiger partial charge in [0.1, 0.15) is 6.42 Å². The van der Waals surface area contributed by atoms with Crippen LogP contribution in [0.3, 0.4) is 0 Å². The van der Waals surface area contributed by atoms with Crippen LogP contribution in [0.2, 0.25) is 0 Å². The zero-order valence-electron chi connectivity index (χ0n) is 7.43. The lowest BCUT2D eigenvalue weighted by molar-refractivity contribution is -0.151. The average Bonchev–Trinajstić information content (AvgIpc) is 2.05. The molecule has 0 radical (unpaired) electrons. The van der Waals surface area contributed by atoms with Gasteiger partial charge in [-0.25, -0.2) is 0 Å². The van der Waals surface area contributed by atoms with Crippen molar-refractivity contribution in [3.05, 3.63) is 0 Å². The lowest BCUT2D eigenvalue weighted by Gasteiger charge is -1.95. The van der Waals surface area contributed by atoms with E-state index in [9.17, 15) is 9.59 Å². The van der Waals surface area contributed by atoms with Crippen LogP contribution in [0.15, 0.2) is 0 Å². The van der Waals surface area contributed by atoms with Crippen LogP contribution in [-0.4, -0.2) is 31.5 Å². The molecule has 0 aliphatic carbocycles. The van der Waals surface area contributed by atoms with Crippen LogP contribution in [-0.2, 0) is 19.1 Å². The fraction of sp³-hybridized carbons (Fsp3) is 0.714. The molecule has 0 aromatic carbocycles. The summed E-state index contributed by atoms with van der Waals surface area (Å²) in [5.41, 5.74) is 0.